The van der Waals surface area contributed by atoms with Crippen LogP contribution in [0, 0.1) is 11.3 Å². The number of piperazine rings is 1. The predicted molar refractivity (Wildman–Crippen MR) is 99.2 cm³/mol. The first-order chi connectivity index (χ1) is 13.1. The number of carbonyl (C=O) groups is 2. The van der Waals surface area contributed by atoms with E-state index in [9.17, 15) is 9.59 Å². The minimum absolute atomic E-state index is 0.0145. The van der Waals surface area contributed by atoms with Crippen LogP contribution in [0.3, 0.4) is 0 Å². The van der Waals surface area contributed by atoms with Crippen LogP contribution in [-0.2, 0) is 22.7 Å². The standard InChI is InChI=1S/C20H20N4O3/c21-11-17-7-6-16(10-18(17)22)12-23-8-9-24(13-19(23)25)20(26)27-14-15-4-2-1-3-5-15/h1-7,10H,8-9,12-14,22H2. The molecule has 0 spiro atoms. The predicted octanol–water partition coefficient (Wildman–Crippen LogP) is 2.12. The number of hydrogen-bond donors (Lipinski definition) is 1. The van der Waals surface area contributed by atoms with Crippen molar-refractivity contribution in [1.29, 1.82) is 5.26 Å². The van der Waals surface area contributed by atoms with E-state index in [4.69, 9.17) is 15.7 Å². The summed E-state index contributed by atoms with van der Waals surface area (Å²) in [4.78, 5) is 27.7. The van der Waals surface area contributed by atoms with Gasteiger partial charge < -0.3 is 15.4 Å². The van der Waals surface area contributed by atoms with Crippen molar-refractivity contribution in [1.82, 2.24) is 9.80 Å². The van der Waals surface area contributed by atoms with Gasteiger partial charge in [-0.2, -0.15) is 5.26 Å². The molecule has 1 heterocycles. The van der Waals surface area contributed by atoms with Crippen molar-refractivity contribution in [2.45, 2.75) is 13.2 Å². The maximum absolute atomic E-state index is 12.4. The monoisotopic (exact) mass is 364 g/mol. The van der Waals surface area contributed by atoms with Crippen LogP contribution in [0.25, 0.3) is 0 Å². The molecule has 138 valence electrons. The molecule has 0 aromatic heterocycles. The summed E-state index contributed by atoms with van der Waals surface area (Å²) in [5.74, 6) is -0.152. The highest BCUT2D eigenvalue weighted by molar-refractivity contribution is 5.83. The quantitative estimate of drug-likeness (QED) is 0.838. The van der Waals surface area contributed by atoms with Crippen molar-refractivity contribution < 1.29 is 14.3 Å². The van der Waals surface area contributed by atoms with Crippen molar-refractivity contribution in [2.24, 2.45) is 0 Å². The Balaban J connectivity index is 1.53. The lowest BCUT2D eigenvalue weighted by atomic mass is 10.1. The molecule has 0 unspecified atom stereocenters. The van der Waals surface area contributed by atoms with E-state index in [1.807, 2.05) is 36.4 Å². The van der Waals surface area contributed by atoms with Gasteiger partial charge in [-0.05, 0) is 23.3 Å². The maximum atomic E-state index is 12.4. The number of nitrogens with two attached hydrogens (primary N) is 1. The van der Waals surface area contributed by atoms with Gasteiger partial charge in [0.15, 0.2) is 0 Å². The number of rotatable bonds is 4. The fourth-order valence-electron chi connectivity index (χ4n) is 2.87. The first kappa shape index (κ1) is 18.3. The van der Waals surface area contributed by atoms with E-state index in [1.165, 1.54) is 4.90 Å². The Morgan fingerprint density at radius 1 is 1.15 bits per heavy atom. The molecule has 1 aliphatic rings. The Kier molecular flexibility index (Phi) is 5.57. The summed E-state index contributed by atoms with van der Waals surface area (Å²) in [6, 6.07) is 16.5. The highest BCUT2D eigenvalue weighted by Crippen LogP contribution is 2.16. The second-order valence-corrected chi connectivity index (χ2v) is 6.31. The smallest absolute Gasteiger partial charge is 0.410 e. The number of carbonyl (C=O) groups excluding carboxylic acids is 2. The molecule has 2 N–H and O–H groups in total. The first-order valence-corrected chi connectivity index (χ1v) is 8.58. The minimum atomic E-state index is -0.491. The molecule has 2 aromatic rings. The second kappa shape index (κ2) is 8.23. The molecular weight excluding hydrogens is 344 g/mol. The molecule has 0 atom stereocenters. The molecule has 7 nitrogen and oxygen atoms in total. The molecule has 3 rings (SSSR count). The Hall–Kier alpha value is -3.53. The number of hydrogen-bond acceptors (Lipinski definition) is 5. The van der Waals surface area contributed by atoms with Crippen molar-refractivity contribution in [3.05, 3.63) is 65.2 Å². The van der Waals surface area contributed by atoms with E-state index >= 15 is 0 Å². The van der Waals surface area contributed by atoms with E-state index in [0.29, 0.717) is 30.9 Å². The molecule has 27 heavy (non-hydrogen) atoms. The lowest BCUT2D eigenvalue weighted by Gasteiger charge is -2.33. The second-order valence-electron chi connectivity index (χ2n) is 6.31. The normalized spacial score (nSPS) is 14.0. The molecule has 0 aliphatic carbocycles. The van der Waals surface area contributed by atoms with Gasteiger partial charge in [-0.15, -0.1) is 0 Å². The summed E-state index contributed by atoms with van der Waals surface area (Å²) in [6.45, 7) is 1.38. The molecule has 0 saturated carbocycles. The van der Waals surface area contributed by atoms with Gasteiger partial charge in [0.2, 0.25) is 5.91 Å². The lowest BCUT2D eigenvalue weighted by molar-refractivity contribution is -0.136. The van der Waals surface area contributed by atoms with Gasteiger partial charge in [0, 0.05) is 25.3 Å². The number of ether oxygens (including phenoxy) is 1. The largest absolute Gasteiger partial charge is 0.445 e. The highest BCUT2D eigenvalue weighted by Gasteiger charge is 2.28. The van der Waals surface area contributed by atoms with Crippen LogP contribution in [0.4, 0.5) is 10.5 Å². The summed E-state index contributed by atoms with van der Waals surface area (Å²) in [7, 11) is 0. The van der Waals surface area contributed by atoms with E-state index in [1.54, 1.807) is 23.1 Å². The average molecular weight is 364 g/mol. The van der Waals surface area contributed by atoms with Gasteiger partial charge in [-0.1, -0.05) is 36.4 Å². The van der Waals surface area contributed by atoms with Gasteiger partial charge in [-0.3, -0.25) is 9.69 Å². The van der Waals surface area contributed by atoms with Gasteiger partial charge in [0.25, 0.3) is 0 Å². The SMILES string of the molecule is N#Cc1ccc(CN2CCN(C(=O)OCc3ccccc3)CC2=O)cc1N. The molecular formula is C20H20N4O3. The molecule has 1 aliphatic heterocycles. The zero-order valence-electron chi connectivity index (χ0n) is 14.8. The Morgan fingerprint density at radius 3 is 2.59 bits per heavy atom. The fraction of sp³-hybridized carbons (Fsp3) is 0.250. The summed E-state index contributed by atoms with van der Waals surface area (Å²) in [5, 5.41) is 8.93. The number of amides is 2. The third-order valence-corrected chi connectivity index (χ3v) is 4.39. The van der Waals surface area contributed by atoms with Crippen molar-refractivity contribution >= 4 is 17.7 Å². The lowest BCUT2D eigenvalue weighted by Crippen LogP contribution is -2.51. The van der Waals surface area contributed by atoms with Crippen LogP contribution in [0.2, 0.25) is 0 Å². The zero-order valence-corrected chi connectivity index (χ0v) is 14.8. The topological polar surface area (TPSA) is 99.7 Å². The zero-order chi connectivity index (χ0) is 19.2. The fourth-order valence-corrected chi connectivity index (χ4v) is 2.87. The molecule has 7 heteroatoms. The van der Waals surface area contributed by atoms with Crippen LogP contribution in [-0.4, -0.2) is 41.4 Å². The number of anilines is 1. The van der Waals surface area contributed by atoms with Crippen molar-refractivity contribution in [3.8, 4) is 6.07 Å². The van der Waals surface area contributed by atoms with E-state index < -0.39 is 6.09 Å². The number of nitrogen functional groups attached to an aromatic ring is 1. The van der Waals surface area contributed by atoms with Gasteiger partial charge >= 0.3 is 6.09 Å². The van der Waals surface area contributed by atoms with E-state index in [2.05, 4.69) is 0 Å². The first-order valence-electron chi connectivity index (χ1n) is 8.58. The van der Waals surface area contributed by atoms with Crippen molar-refractivity contribution in [3.63, 3.8) is 0 Å². The minimum Gasteiger partial charge on any atom is -0.445 e. The van der Waals surface area contributed by atoms with Gasteiger partial charge in [0.05, 0.1) is 5.56 Å². The third kappa shape index (κ3) is 4.55. The molecule has 2 amide bonds. The Morgan fingerprint density at radius 2 is 1.93 bits per heavy atom. The molecule has 1 fully saturated rings. The Labute approximate surface area is 157 Å². The number of benzene rings is 2. The number of nitrogens with zero attached hydrogens (tertiary/aromatic N) is 3. The molecule has 2 aromatic carbocycles. The van der Waals surface area contributed by atoms with Gasteiger partial charge in [0.1, 0.15) is 19.2 Å². The average Bonchev–Trinajstić information content (AvgIpc) is 2.68. The maximum Gasteiger partial charge on any atom is 0.410 e. The van der Waals surface area contributed by atoms with Crippen LogP contribution in [0.1, 0.15) is 16.7 Å². The van der Waals surface area contributed by atoms with Crippen LogP contribution in [0.5, 0.6) is 0 Å². The summed E-state index contributed by atoms with van der Waals surface area (Å²) in [6.07, 6.45) is -0.491. The van der Waals surface area contributed by atoms with Crippen molar-refractivity contribution in [2.75, 3.05) is 25.4 Å². The van der Waals surface area contributed by atoms with E-state index in [0.717, 1.165) is 11.1 Å². The van der Waals surface area contributed by atoms with E-state index in [-0.39, 0.29) is 19.1 Å². The number of nitriles is 1. The van der Waals surface area contributed by atoms with Gasteiger partial charge in [-0.25, -0.2) is 4.79 Å². The van der Waals surface area contributed by atoms with Crippen LogP contribution < -0.4 is 5.73 Å². The molecule has 0 radical (unpaired) electrons. The van der Waals surface area contributed by atoms with Crippen LogP contribution in [0.15, 0.2) is 48.5 Å². The molecule has 0 bridgehead atoms. The summed E-state index contributed by atoms with van der Waals surface area (Å²) < 4.78 is 5.28. The van der Waals surface area contributed by atoms with Crippen LogP contribution >= 0.6 is 0 Å². The molecule has 1 saturated heterocycles. The summed E-state index contributed by atoms with van der Waals surface area (Å²) in [5.41, 5.74) is 8.37. The third-order valence-electron chi connectivity index (χ3n) is 4.39. The highest BCUT2D eigenvalue weighted by atomic mass is 16.6. The summed E-state index contributed by atoms with van der Waals surface area (Å²) >= 11 is 0. The Bertz CT molecular complexity index is 877.